The molecule has 3 rings (SSSR count). The molecule has 0 aliphatic heterocycles. The molecule has 1 aromatic heterocycles. The molecule has 0 fully saturated rings. The van der Waals surface area contributed by atoms with Crippen LogP contribution in [-0.4, -0.2) is 22.4 Å². The number of carbonyl (C=O) groups excluding carboxylic acids is 2. The first kappa shape index (κ1) is 18.7. The summed E-state index contributed by atoms with van der Waals surface area (Å²) < 4.78 is 39.9. The van der Waals surface area contributed by atoms with Gasteiger partial charge in [-0.25, -0.2) is 0 Å². The standard InChI is InChI=1S/C20H17F3N2O2/c1-12-7-13(2)9-14(8-12)24-18(26)11-25-10-16(19(27)20(21,22)23)15-5-3-4-6-17(15)25/h3-10H,11H2,1-2H3,(H,24,26). The number of aryl methyl sites for hydroxylation is 2. The van der Waals surface area contributed by atoms with E-state index in [1.165, 1.54) is 10.6 Å². The molecule has 0 bridgehead atoms. The van der Waals surface area contributed by atoms with Crippen molar-refractivity contribution in [2.24, 2.45) is 0 Å². The van der Waals surface area contributed by atoms with Crippen LogP contribution in [0.4, 0.5) is 18.9 Å². The Balaban J connectivity index is 1.91. The third-order valence-electron chi connectivity index (χ3n) is 4.11. The number of ketones is 1. The number of alkyl halides is 3. The molecule has 0 radical (unpaired) electrons. The lowest BCUT2D eigenvalue weighted by atomic mass is 10.1. The second-order valence-electron chi connectivity index (χ2n) is 6.44. The minimum atomic E-state index is -4.98. The summed E-state index contributed by atoms with van der Waals surface area (Å²) in [7, 11) is 0. The molecule has 0 atom stereocenters. The van der Waals surface area contributed by atoms with Gasteiger partial charge in [-0.2, -0.15) is 13.2 Å². The van der Waals surface area contributed by atoms with Gasteiger partial charge in [0.05, 0.1) is 5.56 Å². The van der Waals surface area contributed by atoms with Gasteiger partial charge in [0, 0.05) is 22.8 Å². The number of nitrogens with zero attached hydrogens (tertiary/aromatic N) is 1. The maximum Gasteiger partial charge on any atom is 0.454 e. The van der Waals surface area contributed by atoms with Gasteiger partial charge < -0.3 is 9.88 Å². The first-order valence-electron chi connectivity index (χ1n) is 8.22. The quantitative estimate of drug-likeness (QED) is 0.677. The summed E-state index contributed by atoms with van der Waals surface area (Å²) in [5, 5.41) is 2.90. The molecule has 140 valence electrons. The Bertz CT molecular complexity index is 1020. The van der Waals surface area contributed by atoms with E-state index in [-0.39, 0.29) is 11.9 Å². The van der Waals surface area contributed by atoms with Gasteiger partial charge >= 0.3 is 6.18 Å². The van der Waals surface area contributed by atoms with E-state index in [2.05, 4.69) is 5.32 Å². The van der Waals surface area contributed by atoms with Crippen molar-refractivity contribution in [1.82, 2.24) is 4.57 Å². The number of hydrogen-bond donors (Lipinski definition) is 1. The minimum absolute atomic E-state index is 0.166. The molecule has 0 aliphatic rings. The van der Waals surface area contributed by atoms with Crippen molar-refractivity contribution in [1.29, 1.82) is 0 Å². The summed E-state index contributed by atoms with van der Waals surface area (Å²) in [6.45, 7) is 3.59. The van der Waals surface area contributed by atoms with E-state index in [9.17, 15) is 22.8 Å². The average molecular weight is 374 g/mol. The van der Waals surface area contributed by atoms with Crippen molar-refractivity contribution < 1.29 is 22.8 Å². The van der Waals surface area contributed by atoms with Crippen molar-refractivity contribution in [3.63, 3.8) is 0 Å². The van der Waals surface area contributed by atoms with Crippen molar-refractivity contribution in [2.45, 2.75) is 26.6 Å². The van der Waals surface area contributed by atoms with Gasteiger partial charge in [0.15, 0.2) is 0 Å². The lowest BCUT2D eigenvalue weighted by Crippen LogP contribution is -2.22. The molecule has 4 nitrogen and oxygen atoms in total. The molecule has 27 heavy (non-hydrogen) atoms. The van der Waals surface area contributed by atoms with Crippen LogP contribution in [0.5, 0.6) is 0 Å². The van der Waals surface area contributed by atoms with Crippen LogP contribution in [0.1, 0.15) is 21.5 Å². The van der Waals surface area contributed by atoms with E-state index in [1.54, 1.807) is 30.3 Å². The van der Waals surface area contributed by atoms with Crippen molar-refractivity contribution >= 4 is 28.3 Å². The van der Waals surface area contributed by atoms with Gasteiger partial charge in [0.2, 0.25) is 5.91 Å². The van der Waals surface area contributed by atoms with Crippen LogP contribution in [0.25, 0.3) is 10.9 Å². The zero-order valence-corrected chi connectivity index (χ0v) is 14.7. The Hall–Kier alpha value is -3.09. The monoisotopic (exact) mass is 374 g/mol. The number of aromatic nitrogens is 1. The second kappa shape index (κ2) is 6.90. The van der Waals surface area contributed by atoms with Crippen molar-refractivity contribution in [2.75, 3.05) is 5.32 Å². The predicted octanol–water partition coefficient (Wildman–Crippen LogP) is 4.64. The lowest BCUT2D eigenvalue weighted by Gasteiger charge is -2.09. The maximum absolute atomic E-state index is 12.9. The maximum atomic E-state index is 12.9. The molecule has 0 spiro atoms. The molecule has 0 aliphatic carbocycles. The van der Waals surface area contributed by atoms with E-state index in [1.807, 2.05) is 19.9 Å². The van der Waals surface area contributed by atoms with Crippen LogP contribution in [0, 0.1) is 13.8 Å². The average Bonchev–Trinajstić information content (AvgIpc) is 2.91. The molecular weight excluding hydrogens is 357 g/mol. The van der Waals surface area contributed by atoms with Crippen LogP contribution in [0.3, 0.4) is 0 Å². The largest absolute Gasteiger partial charge is 0.454 e. The first-order chi connectivity index (χ1) is 12.6. The minimum Gasteiger partial charge on any atom is -0.337 e. The molecule has 3 aromatic rings. The van der Waals surface area contributed by atoms with Gasteiger partial charge in [0.1, 0.15) is 6.54 Å². The lowest BCUT2D eigenvalue weighted by molar-refractivity contribution is -0.116. The van der Waals surface area contributed by atoms with Gasteiger partial charge in [-0.1, -0.05) is 24.3 Å². The van der Waals surface area contributed by atoms with Crippen LogP contribution < -0.4 is 5.32 Å². The number of benzene rings is 2. The Kier molecular flexibility index (Phi) is 4.78. The number of Topliss-reactive ketones (excluding diaryl/α,β-unsaturated/α-hetero) is 1. The normalized spacial score (nSPS) is 11.6. The number of fused-ring (bicyclic) bond motifs is 1. The fourth-order valence-corrected chi connectivity index (χ4v) is 3.11. The highest BCUT2D eigenvalue weighted by molar-refractivity contribution is 6.11. The summed E-state index contributed by atoms with van der Waals surface area (Å²) in [5.41, 5.74) is 2.50. The predicted molar refractivity (Wildman–Crippen MR) is 96.9 cm³/mol. The number of hydrogen-bond acceptors (Lipinski definition) is 2. The Morgan fingerprint density at radius 1 is 1.04 bits per heavy atom. The zero-order chi connectivity index (χ0) is 19.8. The number of halogens is 3. The Morgan fingerprint density at radius 3 is 2.30 bits per heavy atom. The Morgan fingerprint density at radius 2 is 1.67 bits per heavy atom. The highest BCUT2D eigenvalue weighted by Crippen LogP contribution is 2.28. The summed E-state index contributed by atoms with van der Waals surface area (Å²) >= 11 is 0. The number of anilines is 1. The van der Waals surface area contributed by atoms with Gasteiger partial charge in [-0.05, 0) is 43.2 Å². The Labute approximate surface area is 153 Å². The van der Waals surface area contributed by atoms with E-state index >= 15 is 0 Å². The highest BCUT2D eigenvalue weighted by atomic mass is 19.4. The van der Waals surface area contributed by atoms with Crippen LogP contribution in [0.15, 0.2) is 48.7 Å². The fourth-order valence-electron chi connectivity index (χ4n) is 3.11. The van der Waals surface area contributed by atoms with Gasteiger partial charge in [-0.3, -0.25) is 9.59 Å². The third kappa shape index (κ3) is 4.02. The second-order valence-corrected chi connectivity index (χ2v) is 6.44. The van der Waals surface area contributed by atoms with Crippen LogP contribution >= 0.6 is 0 Å². The zero-order valence-electron chi connectivity index (χ0n) is 14.7. The first-order valence-corrected chi connectivity index (χ1v) is 8.22. The molecule has 2 aromatic carbocycles. The summed E-state index contributed by atoms with van der Waals surface area (Å²) in [6.07, 6.45) is -3.89. The fraction of sp³-hybridized carbons (Fsp3) is 0.200. The smallest absolute Gasteiger partial charge is 0.337 e. The molecule has 1 amide bonds. The van der Waals surface area contributed by atoms with E-state index in [4.69, 9.17) is 0 Å². The van der Waals surface area contributed by atoms with E-state index in [0.717, 1.165) is 17.3 Å². The molecule has 1 heterocycles. The van der Waals surface area contributed by atoms with E-state index < -0.39 is 23.4 Å². The number of amides is 1. The van der Waals surface area contributed by atoms with Crippen molar-refractivity contribution in [3.8, 4) is 0 Å². The van der Waals surface area contributed by atoms with Gasteiger partial charge in [-0.15, -0.1) is 0 Å². The van der Waals surface area contributed by atoms with Crippen LogP contribution in [-0.2, 0) is 11.3 Å². The molecule has 1 N–H and O–H groups in total. The summed E-state index contributed by atoms with van der Waals surface area (Å²) in [4.78, 5) is 24.1. The third-order valence-corrected chi connectivity index (χ3v) is 4.11. The molecular formula is C20H17F3N2O2. The SMILES string of the molecule is Cc1cc(C)cc(NC(=O)Cn2cc(C(=O)C(F)(F)F)c3ccccc32)c1. The highest BCUT2D eigenvalue weighted by Gasteiger charge is 2.40. The molecule has 0 unspecified atom stereocenters. The molecule has 0 saturated heterocycles. The number of nitrogens with one attached hydrogen (secondary N) is 1. The van der Waals surface area contributed by atoms with Crippen molar-refractivity contribution in [3.05, 3.63) is 65.4 Å². The summed E-state index contributed by atoms with van der Waals surface area (Å²) in [6, 6.07) is 11.8. The number of carbonyl (C=O) groups is 2. The summed E-state index contributed by atoms with van der Waals surface area (Å²) in [5.74, 6) is -2.32. The van der Waals surface area contributed by atoms with E-state index in [0.29, 0.717) is 11.2 Å². The molecule has 0 saturated carbocycles. The number of para-hydroxylation sites is 1. The topological polar surface area (TPSA) is 51.1 Å². The van der Waals surface area contributed by atoms with Crippen LogP contribution in [0.2, 0.25) is 0 Å². The van der Waals surface area contributed by atoms with Gasteiger partial charge in [0.25, 0.3) is 5.78 Å². The number of rotatable bonds is 4. The molecule has 7 heteroatoms.